The fraction of sp³-hybridized carbons (Fsp3) is 0.0870. The van der Waals surface area contributed by atoms with E-state index in [4.69, 9.17) is 4.98 Å². The van der Waals surface area contributed by atoms with Crippen LogP contribution in [-0.4, -0.2) is 34.3 Å². The molecule has 0 atom stereocenters. The molecule has 2 aromatic carbocycles. The van der Waals surface area contributed by atoms with Gasteiger partial charge in [0.05, 0.1) is 23.7 Å². The third-order valence-corrected chi connectivity index (χ3v) is 5.69. The van der Waals surface area contributed by atoms with Crippen molar-refractivity contribution in [3.05, 3.63) is 78.8 Å². The molecular formula is C23H20N6O2S. The summed E-state index contributed by atoms with van der Waals surface area (Å²) < 4.78 is 27.5. The molecule has 0 bridgehead atoms. The molecule has 0 amide bonds. The Kier molecular flexibility index (Phi) is 4.75. The smallest absolute Gasteiger partial charge is 0.229 e. The third kappa shape index (κ3) is 3.85. The van der Waals surface area contributed by atoms with Crippen molar-refractivity contribution in [1.29, 1.82) is 0 Å². The Hall–Kier alpha value is -3.98. The average molecular weight is 445 g/mol. The van der Waals surface area contributed by atoms with Crippen molar-refractivity contribution in [3.8, 4) is 11.1 Å². The van der Waals surface area contributed by atoms with E-state index in [1.165, 1.54) is 0 Å². The van der Waals surface area contributed by atoms with E-state index in [-0.39, 0.29) is 0 Å². The van der Waals surface area contributed by atoms with Gasteiger partial charge in [-0.05, 0) is 36.8 Å². The van der Waals surface area contributed by atoms with Crippen LogP contribution in [0.15, 0.2) is 73.2 Å². The van der Waals surface area contributed by atoms with Gasteiger partial charge in [0.1, 0.15) is 5.82 Å². The lowest BCUT2D eigenvalue weighted by Crippen LogP contribution is -2.10. The molecule has 2 N–H and O–H groups in total. The SMILES string of the molecule is Cc1ccc(Nc2ccn3ncc(-c4cccc5cccnc45)c3n2)cc1NS(C)(=O)=O. The number of hydrogen-bond donors (Lipinski definition) is 2. The summed E-state index contributed by atoms with van der Waals surface area (Å²) >= 11 is 0. The predicted molar refractivity (Wildman–Crippen MR) is 127 cm³/mol. The Bertz CT molecular complexity index is 1570. The molecule has 5 rings (SSSR count). The summed E-state index contributed by atoms with van der Waals surface area (Å²) in [4.78, 5) is 9.31. The second-order valence-corrected chi connectivity index (χ2v) is 9.30. The number of rotatable bonds is 5. The molecule has 5 aromatic rings. The van der Waals surface area contributed by atoms with Crippen LogP contribution >= 0.6 is 0 Å². The van der Waals surface area contributed by atoms with Gasteiger partial charge in [0, 0.05) is 34.6 Å². The van der Waals surface area contributed by atoms with Crippen LogP contribution in [-0.2, 0) is 10.0 Å². The number of aromatic nitrogens is 4. The number of nitrogens with one attached hydrogen (secondary N) is 2. The summed E-state index contributed by atoms with van der Waals surface area (Å²) in [6, 6.07) is 17.3. The van der Waals surface area contributed by atoms with Crippen LogP contribution in [0.4, 0.5) is 17.2 Å². The summed E-state index contributed by atoms with van der Waals surface area (Å²) in [5, 5.41) is 8.74. The van der Waals surface area contributed by atoms with Gasteiger partial charge in [-0.15, -0.1) is 0 Å². The predicted octanol–water partition coefficient (Wildman–Crippen LogP) is 4.37. The molecule has 0 spiro atoms. The fourth-order valence-corrected chi connectivity index (χ4v) is 4.23. The number of pyridine rings is 1. The largest absolute Gasteiger partial charge is 0.340 e. The van der Waals surface area contributed by atoms with E-state index in [1.54, 1.807) is 23.0 Å². The maximum atomic E-state index is 11.6. The molecule has 0 saturated heterocycles. The van der Waals surface area contributed by atoms with Gasteiger partial charge < -0.3 is 5.32 Å². The minimum atomic E-state index is -3.38. The van der Waals surface area contributed by atoms with Gasteiger partial charge in [-0.2, -0.15) is 5.10 Å². The molecule has 3 heterocycles. The maximum absolute atomic E-state index is 11.6. The minimum Gasteiger partial charge on any atom is -0.340 e. The Morgan fingerprint density at radius 2 is 1.84 bits per heavy atom. The summed E-state index contributed by atoms with van der Waals surface area (Å²) in [5.74, 6) is 0.613. The Balaban J connectivity index is 1.54. The van der Waals surface area contributed by atoms with E-state index < -0.39 is 10.0 Å². The first kappa shape index (κ1) is 20.0. The van der Waals surface area contributed by atoms with Crippen molar-refractivity contribution in [2.24, 2.45) is 0 Å². The van der Waals surface area contributed by atoms with Crippen LogP contribution in [0.3, 0.4) is 0 Å². The van der Waals surface area contributed by atoms with E-state index in [0.29, 0.717) is 22.8 Å². The highest BCUT2D eigenvalue weighted by Gasteiger charge is 2.13. The van der Waals surface area contributed by atoms with Gasteiger partial charge >= 0.3 is 0 Å². The first-order chi connectivity index (χ1) is 15.4. The van der Waals surface area contributed by atoms with E-state index in [9.17, 15) is 8.42 Å². The van der Waals surface area contributed by atoms with E-state index in [0.717, 1.165) is 33.8 Å². The van der Waals surface area contributed by atoms with Crippen molar-refractivity contribution in [3.63, 3.8) is 0 Å². The van der Waals surface area contributed by atoms with Gasteiger partial charge in [0.2, 0.25) is 10.0 Å². The lowest BCUT2D eigenvalue weighted by molar-refractivity contribution is 0.607. The number of anilines is 3. The lowest BCUT2D eigenvalue weighted by Gasteiger charge is -2.12. The molecule has 32 heavy (non-hydrogen) atoms. The van der Waals surface area contributed by atoms with Gasteiger partial charge in [0.15, 0.2) is 5.65 Å². The third-order valence-electron chi connectivity index (χ3n) is 5.10. The van der Waals surface area contributed by atoms with Crippen molar-refractivity contribution >= 4 is 43.8 Å². The zero-order chi connectivity index (χ0) is 22.3. The second kappa shape index (κ2) is 7.61. The zero-order valence-electron chi connectivity index (χ0n) is 17.4. The molecule has 3 aromatic heterocycles. The highest BCUT2D eigenvalue weighted by molar-refractivity contribution is 7.92. The topological polar surface area (TPSA) is 101 Å². The van der Waals surface area contributed by atoms with Crippen LogP contribution in [0.25, 0.3) is 27.7 Å². The van der Waals surface area contributed by atoms with E-state index in [1.807, 2.05) is 61.7 Å². The zero-order valence-corrected chi connectivity index (χ0v) is 18.3. The molecule has 0 radical (unpaired) electrons. The van der Waals surface area contributed by atoms with Crippen LogP contribution in [0.1, 0.15) is 5.56 Å². The van der Waals surface area contributed by atoms with Crippen LogP contribution in [0.2, 0.25) is 0 Å². The molecule has 0 fully saturated rings. The summed E-state index contributed by atoms with van der Waals surface area (Å²) in [5.41, 5.74) is 5.47. The van der Waals surface area contributed by atoms with Crippen LogP contribution in [0, 0.1) is 6.92 Å². The van der Waals surface area contributed by atoms with Gasteiger partial charge in [-0.1, -0.05) is 30.3 Å². The number of hydrogen-bond acceptors (Lipinski definition) is 6. The Morgan fingerprint density at radius 3 is 2.69 bits per heavy atom. The standard InChI is InChI=1S/C23H20N6O2S/c1-15-8-9-17(13-20(15)28-32(2,30)31)26-21-10-12-29-23(27-21)19(14-25-29)18-7-3-5-16-6-4-11-24-22(16)18/h3-14,28H,1-2H3,(H,26,27). The van der Waals surface area contributed by atoms with Gasteiger partial charge in [0.25, 0.3) is 0 Å². The quantitative estimate of drug-likeness (QED) is 0.417. The number of fused-ring (bicyclic) bond motifs is 2. The Morgan fingerprint density at radius 1 is 1.00 bits per heavy atom. The monoisotopic (exact) mass is 444 g/mol. The maximum Gasteiger partial charge on any atom is 0.229 e. The van der Waals surface area contributed by atoms with Crippen molar-refractivity contribution in [2.75, 3.05) is 16.3 Å². The average Bonchev–Trinajstić information content (AvgIpc) is 3.18. The molecule has 8 nitrogen and oxygen atoms in total. The highest BCUT2D eigenvalue weighted by atomic mass is 32.2. The number of para-hydroxylation sites is 1. The van der Waals surface area contributed by atoms with E-state index in [2.05, 4.69) is 20.1 Å². The summed E-state index contributed by atoms with van der Waals surface area (Å²) in [6.45, 7) is 1.85. The molecule has 0 unspecified atom stereocenters. The summed E-state index contributed by atoms with van der Waals surface area (Å²) in [6.07, 6.45) is 6.52. The van der Waals surface area contributed by atoms with Gasteiger partial charge in [-0.25, -0.2) is 17.9 Å². The molecule has 0 saturated carbocycles. The molecule has 0 aliphatic rings. The lowest BCUT2D eigenvalue weighted by atomic mass is 10.0. The first-order valence-corrected chi connectivity index (χ1v) is 11.8. The first-order valence-electron chi connectivity index (χ1n) is 9.91. The van der Waals surface area contributed by atoms with Crippen LogP contribution < -0.4 is 10.0 Å². The molecular weight excluding hydrogens is 424 g/mol. The van der Waals surface area contributed by atoms with Crippen molar-refractivity contribution in [2.45, 2.75) is 6.92 Å². The van der Waals surface area contributed by atoms with E-state index >= 15 is 0 Å². The number of nitrogens with zero attached hydrogens (tertiary/aromatic N) is 4. The Labute approximate surface area is 185 Å². The van der Waals surface area contributed by atoms with Crippen molar-refractivity contribution in [1.82, 2.24) is 19.6 Å². The van der Waals surface area contributed by atoms with Crippen LogP contribution in [0.5, 0.6) is 0 Å². The molecule has 0 aliphatic carbocycles. The molecule has 160 valence electrons. The molecule has 0 aliphatic heterocycles. The number of aryl methyl sites for hydroxylation is 1. The van der Waals surface area contributed by atoms with Crippen molar-refractivity contribution < 1.29 is 8.42 Å². The fourth-order valence-electron chi connectivity index (χ4n) is 3.61. The highest BCUT2D eigenvalue weighted by Crippen LogP contribution is 2.30. The summed E-state index contributed by atoms with van der Waals surface area (Å²) in [7, 11) is -3.38. The molecule has 9 heteroatoms. The number of benzene rings is 2. The normalized spacial score (nSPS) is 11.7. The van der Waals surface area contributed by atoms with Gasteiger partial charge in [-0.3, -0.25) is 9.71 Å². The second-order valence-electron chi connectivity index (χ2n) is 7.55. The number of sulfonamides is 1. The minimum absolute atomic E-state index is 0.519.